The van der Waals surface area contributed by atoms with E-state index in [1.54, 1.807) is 0 Å². The van der Waals surface area contributed by atoms with E-state index < -0.39 is 0 Å². The summed E-state index contributed by atoms with van der Waals surface area (Å²) in [5, 5.41) is 4.40. The monoisotopic (exact) mass is 358 g/mol. The van der Waals surface area contributed by atoms with Gasteiger partial charge >= 0.3 is 0 Å². The molecule has 19 heavy (non-hydrogen) atoms. The topological polar surface area (TPSA) is 38.0 Å². The van der Waals surface area contributed by atoms with Crippen molar-refractivity contribution in [3.8, 4) is 0 Å². The molecule has 0 spiro atoms. The van der Waals surface area contributed by atoms with E-state index in [9.17, 15) is 0 Å². The highest BCUT2D eigenvalue weighted by atomic mass is 79.9. The first-order valence-electron chi connectivity index (χ1n) is 6.58. The summed E-state index contributed by atoms with van der Waals surface area (Å²) in [6, 6.07) is 6.58. The molecule has 1 fully saturated rings. The van der Waals surface area contributed by atoms with Crippen LogP contribution in [0.15, 0.2) is 22.7 Å². The molecule has 0 amide bonds. The molecular formula is C14H19BrN2S2. The molecule has 2 nitrogen and oxygen atoms in total. The molecule has 5 heteroatoms. The van der Waals surface area contributed by atoms with Gasteiger partial charge in [0.15, 0.2) is 0 Å². The Balaban J connectivity index is 2.08. The highest BCUT2D eigenvalue weighted by molar-refractivity contribution is 9.10. The first-order valence-corrected chi connectivity index (χ1v) is 8.83. The molecule has 0 radical (unpaired) electrons. The van der Waals surface area contributed by atoms with E-state index in [4.69, 9.17) is 18.0 Å². The number of benzene rings is 1. The van der Waals surface area contributed by atoms with Gasteiger partial charge in [0.25, 0.3) is 0 Å². The number of hydrogen-bond donors (Lipinski definition) is 2. The summed E-state index contributed by atoms with van der Waals surface area (Å²) in [5.74, 6) is 1.20. The van der Waals surface area contributed by atoms with E-state index in [0.29, 0.717) is 11.0 Å². The summed E-state index contributed by atoms with van der Waals surface area (Å²) in [6.45, 7) is 2.23. The lowest BCUT2D eigenvalue weighted by atomic mass is 10.1. The molecule has 2 atom stereocenters. The van der Waals surface area contributed by atoms with Crippen LogP contribution in [0.4, 0.5) is 5.69 Å². The molecule has 1 aliphatic rings. The molecule has 0 bridgehead atoms. The fraction of sp³-hybridized carbons (Fsp3) is 0.500. The van der Waals surface area contributed by atoms with Crippen molar-refractivity contribution in [2.75, 3.05) is 11.1 Å². The highest BCUT2D eigenvalue weighted by Gasteiger charge is 2.25. The quantitative estimate of drug-likeness (QED) is 0.774. The maximum Gasteiger partial charge on any atom is 0.107 e. The van der Waals surface area contributed by atoms with Crippen LogP contribution in [-0.2, 0) is 0 Å². The summed E-state index contributed by atoms with van der Waals surface area (Å²) in [6.07, 6.45) is 3.75. The predicted octanol–water partition coefficient (Wildman–Crippen LogP) is 4.17. The zero-order valence-electron chi connectivity index (χ0n) is 11.0. The predicted molar refractivity (Wildman–Crippen MR) is 93.2 cm³/mol. The molecule has 2 rings (SSSR count). The molecule has 1 aliphatic carbocycles. The van der Waals surface area contributed by atoms with Crippen molar-refractivity contribution in [1.82, 2.24) is 0 Å². The fourth-order valence-corrected chi connectivity index (χ4v) is 4.65. The van der Waals surface area contributed by atoms with Crippen molar-refractivity contribution in [3.63, 3.8) is 0 Å². The zero-order chi connectivity index (χ0) is 13.8. The first-order chi connectivity index (χ1) is 9.11. The van der Waals surface area contributed by atoms with Crippen LogP contribution in [0.1, 0.15) is 31.7 Å². The van der Waals surface area contributed by atoms with Gasteiger partial charge in [0.05, 0.1) is 0 Å². The second-order valence-corrected chi connectivity index (χ2v) is 7.63. The van der Waals surface area contributed by atoms with Gasteiger partial charge in [-0.3, -0.25) is 0 Å². The molecule has 1 aromatic carbocycles. The number of hydrogen-bond acceptors (Lipinski definition) is 3. The molecule has 104 valence electrons. The van der Waals surface area contributed by atoms with Gasteiger partial charge < -0.3 is 11.1 Å². The standard InChI is InChI=1S/C14H19BrN2S2/c1-2-19-10-7-6-9(8-10)17-12-5-3-4-11(15)13(12)14(16)18/h3-5,9-10,17H,2,6-8H2,1H3,(H2,16,18). The number of thioether (sulfide) groups is 1. The Morgan fingerprint density at radius 3 is 3.00 bits per heavy atom. The molecule has 0 heterocycles. The minimum Gasteiger partial charge on any atom is -0.389 e. The van der Waals surface area contributed by atoms with E-state index in [1.807, 2.05) is 12.1 Å². The summed E-state index contributed by atoms with van der Waals surface area (Å²) in [4.78, 5) is 0.437. The third kappa shape index (κ3) is 3.86. The molecule has 0 aromatic heterocycles. The van der Waals surface area contributed by atoms with E-state index in [2.05, 4.69) is 46.0 Å². The maximum atomic E-state index is 5.82. The van der Waals surface area contributed by atoms with Gasteiger partial charge in [-0.1, -0.05) is 25.2 Å². The minimum atomic E-state index is 0.437. The van der Waals surface area contributed by atoms with Gasteiger partial charge in [0.1, 0.15) is 4.99 Å². The van der Waals surface area contributed by atoms with Crippen LogP contribution >= 0.6 is 39.9 Å². The van der Waals surface area contributed by atoms with Crippen molar-refractivity contribution in [1.29, 1.82) is 0 Å². The van der Waals surface area contributed by atoms with E-state index in [0.717, 1.165) is 21.0 Å². The zero-order valence-corrected chi connectivity index (χ0v) is 14.2. The van der Waals surface area contributed by atoms with Crippen LogP contribution in [0.2, 0.25) is 0 Å². The second kappa shape index (κ2) is 6.95. The summed E-state index contributed by atoms with van der Waals surface area (Å²) in [5.41, 5.74) is 7.79. The van der Waals surface area contributed by atoms with Gasteiger partial charge in [-0.25, -0.2) is 0 Å². The van der Waals surface area contributed by atoms with Crippen LogP contribution < -0.4 is 11.1 Å². The third-order valence-corrected chi connectivity index (χ3v) is 5.50. The summed E-state index contributed by atoms with van der Waals surface area (Å²) < 4.78 is 0.961. The van der Waals surface area contributed by atoms with Crippen LogP contribution in [0, 0.1) is 0 Å². The summed E-state index contributed by atoms with van der Waals surface area (Å²) >= 11 is 10.7. The van der Waals surface area contributed by atoms with Crippen molar-refractivity contribution >= 4 is 50.6 Å². The van der Waals surface area contributed by atoms with Crippen molar-refractivity contribution in [2.24, 2.45) is 5.73 Å². The maximum absolute atomic E-state index is 5.82. The second-order valence-electron chi connectivity index (χ2n) is 4.76. The van der Waals surface area contributed by atoms with Gasteiger partial charge in [0, 0.05) is 27.0 Å². The van der Waals surface area contributed by atoms with Gasteiger partial charge in [-0.15, -0.1) is 0 Å². The Bertz CT molecular complexity index is 465. The number of nitrogens with two attached hydrogens (primary N) is 1. The average Bonchev–Trinajstić information content (AvgIpc) is 2.76. The normalized spacial score (nSPS) is 22.4. The smallest absolute Gasteiger partial charge is 0.107 e. The Kier molecular flexibility index (Phi) is 5.54. The molecule has 1 saturated carbocycles. The number of rotatable bonds is 5. The lowest BCUT2D eigenvalue weighted by molar-refractivity contribution is 0.757. The van der Waals surface area contributed by atoms with E-state index in [-0.39, 0.29) is 0 Å². The number of halogens is 1. The summed E-state index contributed by atoms with van der Waals surface area (Å²) in [7, 11) is 0. The Labute approximate surface area is 133 Å². The minimum absolute atomic E-state index is 0.437. The van der Waals surface area contributed by atoms with Crippen molar-refractivity contribution in [2.45, 2.75) is 37.5 Å². The van der Waals surface area contributed by atoms with E-state index >= 15 is 0 Å². The molecule has 3 N–H and O–H groups in total. The van der Waals surface area contributed by atoms with Crippen molar-refractivity contribution < 1.29 is 0 Å². The third-order valence-electron chi connectivity index (χ3n) is 3.41. The molecule has 0 aliphatic heterocycles. The highest BCUT2D eigenvalue weighted by Crippen LogP contribution is 2.33. The largest absolute Gasteiger partial charge is 0.389 e. The van der Waals surface area contributed by atoms with Gasteiger partial charge in [0.2, 0.25) is 0 Å². The van der Waals surface area contributed by atoms with Crippen LogP contribution in [0.5, 0.6) is 0 Å². The molecular weight excluding hydrogens is 340 g/mol. The van der Waals surface area contributed by atoms with Crippen molar-refractivity contribution in [3.05, 3.63) is 28.2 Å². The van der Waals surface area contributed by atoms with Gasteiger partial charge in [-0.2, -0.15) is 11.8 Å². The van der Waals surface area contributed by atoms with Gasteiger partial charge in [-0.05, 0) is 53.1 Å². The molecule has 2 unspecified atom stereocenters. The van der Waals surface area contributed by atoms with Crippen LogP contribution in [-0.4, -0.2) is 22.0 Å². The average molecular weight is 359 g/mol. The Hall–Kier alpha value is -0.260. The fourth-order valence-electron chi connectivity index (χ4n) is 2.57. The Morgan fingerprint density at radius 1 is 1.53 bits per heavy atom. The lowest BCUT2D eigenvalue weighted by Crippen LogP contribution is -2.20. The molecule has 0 saturated heterocycles. The molecule has 1 aromatic rings. The Morgan fingerprint density at radius 2 is 2.32 bits per heavy atom. The van der Waals surface area contributed by atoms with Crippen LogP contribution in [0.3, 0.4) is 0 Å². The number of nitrogens with one attached hydrogen (secondary N) is 1. The first kappa shape index (κ1) is 15.1. The van der Waals surface area contributed by atoms with Crippen LogP contribution in [0.25, 0.3) is 0 Å². The number of anilines is 1. The SMILES string of the molecule is CCSC1CCC(Nc2cccc(Br)c2C(N)=S)C1. The van der Waals surface area contributed by atoms with E-state index in [1.165, 1.54) is 25.0 Å². The number of thiocarbonyl (C=S) groups is 1. The lowest BCUT2D eigenvalue weighted by Gasteiger charge is -2.18.